The molecule has 262 valence electrons. The normalized spacial score (nSPS) is 11.6. The minimum Gasteiger partial charge on any atom is -0.454 e. The maximum atomic E-state index is 6.95. The summed E-state index contributed by atoms with van der Waals surface area (Å²) in [5.41, 5.74) is 12.1. The van der Waals surface area contributed by atoms with Crippen molar-refractivity contribution in [3.8, 4) is 62.1 Å². The highest BCUT2D eigenvalue weighted by atomic mass is 16.3. The van der Waals surface area contributed by atoms with Crippen molar-refractivity contribution in [2.45, 2.75) is 0 Å². The molecule has 3 heterocycles. The van der Waals surface area contributed by atoms with Crippen molar-refractivity contribution in [2.24, 2.45) is 0 Å². The van der Waals surface area contributed by atoms with Gasteiger partial charge in [0.05, 0.1) is 16.7 Å². The predicted octanol–water partition coefficient (Wildman–Crippen LogP) is 13.2. The van der Waals surface area contributed by atoms with Gasteiger partial charge in [-0.15, -0.1) is 0 Å². The Kier molecular flexibility index (Phi) is 7.42. The number of benzene rings is 8. The topological polar surface area (TPSA) is 56.7 Å². The Hall–Kier alpha value is -7.63. The fourth-order valence-electron chi connectivity index (χ4n) is 7.94. The molecule has 8 aromatic carbocycles. The summed E-state index contributed by atoms with van der Waals surface area (Å²) in [6, 6.07) is 67.4. The van der Waals surface area contributed by atoms with Crippen molar-refractivity contribution >= 4 is 43.7 Å². The zero-order chi connectivity index (χ0) is 37.0. The zero-order valence-corrected chi connectivity index (χ0v) is 30.2. The molecule has 0 amide bonds. The van der Waals surface area contributed by atoms with Crippen LogP contribution in [0.15, 0.2) is 199 Å². The van der Waals surface area contributed by atoms with Crippen LogP contribution in [0.25, 0.3) is 106 Å². The summed E-state index contributed by atoms with van der Waals surface area (Å²) in [5, 5.41) is 4.48. The van der Waals surface area contributed by atoms with Crippen LogP contribution in [-0.4, -0.2) is 19.5 Å². The van der Waals surface area contributed by atoms with Crippen LogP contribution in [0.2, 0.25) is 0 Å². The minimum atomic E-state index is 0.580. The summed E-state index contributed by atoms with van der Waals surface area (Å²) in [4.78, 5) is 15.1. The van der Waals surface area contributed by atoms with Crippen molar-refractivity contribution in [1.82, 2.24) is 19.5 Å². The van der Waals surface area contributed by atoms with Crippen molar-refractivity contribution in [2.75, 3.05) is 0 Å². The third kappa shape index (κ3) is 5.37. The first-order valence-corrected chi connectivity index (χ1v) is 18.8. The first-order chi connectivity index (χ1) is 27.7. The summed E-state index contributed by atoms with van der Waals surface area (Å²) >= 11 is 0. The first-order valence-electron chi connectivity index (χ1n) is 18.8. The number of para-hydroxylation sites is 2. The lowest BCUT2D eigenvalue weighted by Crippen LogP contribution is -2.00. The van der Waals surface area contributed by atoms with Gasteiger partial charge < -0.3 is 8.98 Å². The third-order valence-corrected chi connectivity index (χ3v) is 10.7. The smallest absolute Gasteiger partial charge is 0.164 e. The van der Waals surface area contributed by atoms with E-state index >= 15 is 0 Å². The SMILES string of the molecule is c1ccc(-c2ccc(-c3nc(-c4ccccc4)nc(-c4ccc5c(c4)oc4c(-n6c7ccccc7c7ccccc76)cc(-c6ccccc6)cc45)n3)cc2)cc1. The second kappa shape index (κ2) is 13.0. The summed E-state index contributed by atoms with van der Waals surface area (Å²) in [5.74, 6) is 1.80. The number of hydrogen-bond donors (Lipinski definition) is 0. The number of nitrogens with zero attached hydrogens (tertiary/aromatic N) is 4. The van der Waals surface area contributed by atoms with Crippen LogP contribution in [-0.2, 0) is 0 Å². The Morgan fingerprint density at radius 3 is 1.38 bits per heavy atom. The van der Waals surface area contributed by atoms with E-state index in [1.807, 2.05) is 36.4 Å². The van der Waals surface area contributed by atoms with Crippen molar-refractivity contribution in [3.05, 3.63) is 194 Å². The largest absolute Gasteiger partial charge is 0.454 e. The number of furan rings is 1. The standard InChI is InChI=1S/C51H32N4O/c1-4-14-33(15-5-1)35-24-26-37(27-25-35)50-52-49(36-18-8-3-9-19-36)53-51(54-50)38-28-29-42-43-30-39(34-16-6-2-7-17-34)31-46(48(43)56-47(42)32-38)55-44-22-12-10-20-40(44)41-21-11-13-23-45(41)55/h1-32H. The van der Waals surface area contributed by atoms with Gasteiger partial charge in [-0.3, -0.25) is 0 Å². The molecule has 0 aliphatic heterocycles. The van der Waals surface area contributed by atoms with Crippen molar-refractivity contribution in [3.63, 3.8) is 0 Å². The van der Waals surface area contributed by atoms with Crippen LogP contribution < -0.4 is 0 Å². The minimum absolute atomic E-state index is 0.580. The lowest BCUT2D eigenvalue weighted by Gasteiger charge is -2.11. The quantitative estimate of drug-likeness (QED) is 0.172. The molecule has 0 N–H and O–H groups in total. The highest BCUT2D eigenvalue weighted by Gasteiger charge is 2.21. The highest BCUT2D eigenvalue weighted by molar-refractivity contribution is 6.14. The van der Waals surface area contributed by atoms with Crippen LogP contribution in [0.1, 0.15) is 0 Å². The Morgan fingerprint density at radius 2 is 0.768 bits per heavy atom. The van der Waals surface area contributed by atoms with Crippen LogP contribution in [0, 0.1) is 0 Å². The summed E-state index contributed by atoms with van der Waals surface area (Å²) in [7, 11) is 0. The Bertz CT molecular complexity index is 3170. The van der Waals surface area contributed by atoms with Gasteiger partial charge in [0.25, 0.3) is 0 Å². The Morgan fingerprint density at radius 1 is 0.321 bits per heavy atom. The molecular formula is C51H32N4O. The van der Waals surface area contributed by atoms with Gasteiger partial charge in [0.2, 0.25) is 0 Å². The first kappa shape index (κ1) is 31.9. The van der Waals surface area contributed by atoms with Gasteiger partial charge in [-0.2, -0.15) is 0 Å². The molecule has 56 heavy (non-hydrogen) atoms. The molecule has 0 atom stereocenters. The van der Waals surface area contributed by atoms with Gasteiger partial charge in [-0.1, -0.05) is 158 Å². The van der Waals surface area contributed by atoms with Crippen LogP contribution in [0.4, 0.5) is 0 Å². The van der Waals surface area contributed by atoms with Gasteiger partial charge in [-0.05, 0) is 58.7 Å². The fraction of sp³-hybridized carbons (Fsp3) is 0. The fourth-order valence-corrected chi connectivity index (χ4v) is 7.94. The summed E-state index contributed by atoms with van der Waals surface area (Å²) < 4.78 is 9.29. The van der Waals surface area contributed by atoms with Crippen LogP contribution in [0.3, 0.4) is 0 Å². The predicted molar refractivity (Wildman–Crippen MR) is 229 cm³/mol. The number of hydrogen-bond acceptors (Lipinski definition) is 4. The van der Waals surface area contributed by atoms with Gasteiger partial charge in [0.15, 0.2) is 23.1 Å². The summed E-state index contributed by atoms with van der Waals surface area (Å²) in [6.45, 7) is 0. The van der Waals surface area contributed by atoms with E-state index in [-0.39, 0.29) is 0 Å². The molecule has 0 spiro atoms. The van der Waals surface area contributed by atoms with Crippen LogP contribution >= 0.6 is 0 Å². The van der Waals surface area contributed by atoms with E-state index in [2.05, 4.69) is 162 Å². The summed E-state index contributed by atoms with van der Waals surface area (Å²) in [6.07, 6.45) is 0. The Labute approximate surface area is 322 Å². The average molecular weight is 717 g/mol. The molecule has 5 heteroatoms. The highest BCUT2D eigenvalue weighted by Crippen LogP contribution is 2.41. The molecule has 0 bridgehead atoms. The molecule has 0 radical (unpaired) electrons. The average Bonchev–Trinajstić information content (AvgIpc) is 3.82. The van der Waals surface area contributed by atoms with E-state index in [0.29, 0.717) is 17.5 Å². The monoisotopic (exact) mass is 716 g/mol. The second-order valence-corrected chi connectivity index (χ2v) is 14.0. The van der Waals surface area contributed by atoms with Gasteiger partial charge in [0, 0.05) is 38.2 Å². The van der Waals surface area contributed by atoms with Crippen LogP contribution in [0.5, 0.6) is 0 Å². The van der Waals surface area contributed by atoms with E-state index in [1.54, 1.807) is 0 Å². The van der Waals surface area contributed by atoms with Gasteiger partial charge in [-0.25, -0.2) is 15.0 Å². The molecule has 11 aromatic rings. The molecule has 0 fully saturated rings. The lowest BCUT2D eigenvalue weighted by atomic mass is 10.0. The molecule has 3 aromatic heterocycles. The molecular weight excluding hydrogens is 685 g/mol. The Balaban J connectivity index is 1.11. The number of aromatic nitrogens is 4. The lowest BCUT2D eigenvalue weighted by molar-refractivity contribution is 0.666. The van der Waals surface area contributed by atoms with Crippen molar-refractivity contribution < 1.29 is 4.42 Å². The van der Waals surface area contributed by atoms with Crippen molar-refractivity contribution in [1.29, 1.82) is 0 Å². The molecule has 0 saturated carbocycles. The molecule has 5 nitrogen and oxygen atoms in total. The number of fused-ring (bicyclic) bond motifs is 6. The second-order valence-electron chi connectivity index (χ2n) is 14.0. The molecule has 0 saturated heterocycles. The van der Waals surface area contributed by atoms with E-state index in [9.17, 15) is 0 Å². The molecule has 0 unspecified atom stereocenters. The van der Waals surface area contributed by atoms with E-state index in [0.717, 1.165) is 77.6 Å². The van der Waals surface area contributed by atoms with E-state index in [4.69, 9.17) is 19.4 Å². The molecule has 0 aliphatic carbocycles. The van der Waals surface area contributed by atoms with Gasteiger partial charge in [0.1, 0.15) is 5.58 Å². The maximum absolute atomic E-state index is 6.95. The molecule has 11 rings (SSSR count). The van der Waals surface area contributed by atoms with E-state index in [1.165, 1.54) is 10.8 Å². The van der Waals surface area contributed by atoms with E-state index < -0.39 is 0 Å². The zero-order valence-electron chi connectivity index (χ0n) is 30.2. The third-order valence-electron chi connectivity index (χ3n) is 10.7. The number of rotatable bonds is 6. The molecule has 0 aliphatic rings. The van der Waals surface area contributed by atoms with Gasteiger partial charge >= 0.3 is 0 Å². The maximum Gasteiger partial charge on any atom is 0.164 e.